The molecule has 0 bridgehead atoms. The van der Waals surface area contributed by atoms with Crippen LogP contribution in [0.3, 0.4) is 0 Å². The molecule has 4 heterocycles. The lowest BCUT2D eigenvalue weighted by molar-refractivity contribution is -0.131. The van der Waals surface area contributed by atoms with Gasteiger partial charge >= 0.3 is 0 Å². The van der Waals surface area contributed by atoms with Crippen LogP contribution < -0.4 is 5.56 Å². The first-order valence-corrected chi connectivity index (χ1v) is 12.5. The molecular formula is C25H23N3O3S2. The maximum atomic E-state index is 13.4. The molecule has 0 radical (unpaired) electrons. The summed E-state index contributed by atoms with van der Waals surface area (Å²) in [6.45, 7) is 7.31. The molecule has 1 unspecified atom stereocenters. The standard InChI is InChI=1S/C25H23N3O3S2/c1-3-11-28-24(30)21-19(20-9-6-13-31-20)15-32-22(21)26-25(28)33-16(2)23(29)27-12-10-17-7-4-5-8-18(17)14-27/h3-9,13,15-16H,1,10-12,14H2,2H3. The Bertz CT molecular complexity index is 1390. The summed E-state index contributed by atoms with van der Waals surface area (Å²) >= 11 is 2.73. The van der Waals surface area contributed by atoms with Gasteiger partial charge in [-0.2, -0.15) is 0 Å². The lowest BCUT2D eigenvalue weighted by atomic mass is 10.00. The van der Waals surface area contributed by atoms with Gasteiger partial charge in [0, 0.05) is 30.6 Å². The highest BCUT2D eigenvalue weighted by Crippen LogP contribution is 2.33. The fourth-order valence-electron chi connectivity index (χ4n) is 4.15. The van der Waals surface area contributed by atoms with E-state index < -0.39 is 0 Å². The Kier molecular flexibility index (Phi) is 5.95. The van der Waals surface area contributed by atoms with Gasteiger partial charge in [-0.1, -0.05) is 42.1 Å². The van der Waals surface area contributed by atoms with E-state index in [1.165, 1.54) is 34.2 Å². The number of rotatable bonds is 6. The van der Waals surface area contributed by atoms with Crippen molar-refractivity contribution in [3.63, 3.8) is 0 Å². The number of amides is 1. The lowest BCUT2D eigenvalue weighted by Crippen LogP contribution is -2.40. The van der Waals surface area contributed by atoms with Crippen LogP contribution in [-0.2, 0) is 24.3 Å². The number of nitrogens with zero attached hydrogens (tertiary/aromatic N) is 3. The highest BCUT2D eigenvalue weighted by atomic mass is 32.2. The molecule has 0 aliphatic carbocycles. The molecule has 0 spiro atoms. The summed E-state index contributed by atoms with van der Waals surface area (Å²) < 4.78 is 7.11. The third-order valence-electron chi connectivity index (χ3n) is 5.83. The molecule has 0 fully saturated rings. The Balaban J connectivity index is 1.44. The van der Waals surface area contributed by atoms with E-state index in [1.807, 2.05) is 35.4 Å². The van der Waals surface area contributed by atoms with E-state index in [2.05, 4.69) is 18.7 Å². The van der Waals surface area contributed by atoms with Crippen molar-refractivity contribution in [1.29, 1.82) is 0 Å². The minimum Gasteiger partial charge on any atom is -0.464 e. The Morgan fingerprint density at radius 3 is 2.88 bits per heavy atom. The van der Waals surface area contributed by atoms with Gasteiger partial charge in [0.25, 0.3) is 5.56 Å². The van der Waals surface area contributed by atoms with Crippen molar-refractivity contribution < 1.29 is 9.21 Å². The van der Waals surface area contributed by atoms with Crippen LogP contribution in [0, 0.1) is 0 Å². The zero-order valence-electron chi connectivity index (χ0n) is 18.2. The predicted octanol–water partition coefficient (Wildman–Crippen LogP) is 4.97. The highest BCUT2D eigenvalue weighted by Gasteiger charge is 2.27. The normalized spacial score (nSPS) is 14.3. The molecule has 0 N–H and O–H groups in total. The van der Waals surface area contributed by atoms with Gasteiger partial charge in [-0.15, -0.1) is 17.9 Å². The molecule has 1 aliphatic rings. The van der Waals surface area contributed by atoms with Crippen molar-refractivity contribution in [2.45, 2.75) is 36.8 Å². The fourth-order valence-corrected chi connectivity index (χ4v) is 6.12. The highest BCUT2D eigenvalue weighted by molar-refractivity contribution is 8.00. The smallest absolute Gasteiger partial charge is 0.263 e. The molecule has 1 amide bonds. The van der Waals surface area contributed by atoms with E-state index in [1.54, 1.807) is 23.0 Å². The Morgan fingerprint density at radius 2 is 2.12 bits per heavy atom. The molecule has 1 aromatic carbocycles. The number of furan rings is 1. The van der Waals surface area contributed by atoms with Crippen molar-refractivity contribution in [1.82, 2.24) is 14.5 Å². The summed E-state index contributed by atoms with van der Waals surface area (Å²) in [7, 11) is 0. The predicted molar refractivity (Wildman–Crippen MR) is 133 cm³/mol. The second-order valence-electron chi connectivity index (χ2n) is 7.94. The number of carbonyl (C=O) groups excluding carboxylic acids is 1. The molecule has 1 aliphatic heterocycles. The number of aromatic nitrogens is 2. The quantitative estimate of drug-likeness (QED) is 0.223. The second-order valence-corrected chi connectivity index (χ2v) is 10.1. The van der Waals surface area contributed by atoms with E-state index in [4.69, 9.17) is 9.40 Å². The molecule has 5 rings (SSSR count). The van der Waals surface area contributed by atoms with Crippen LogP contribution in [-0.4, -0.2) is 32.2 Å². The first-order chi connectivity index (χ1) is 16.1. The molecule has 0 saturated carbocycles. The topological polar surface area (TPSA) is 68.3 Å². The largest absolute Gasteiger partial charge is 0.464 e. The van der Waals surface area contributed by atoms with E-state index in [-0.39, 0.29) is 16.7 Å². The Hall–Kier alpha value is -3.10. The maximum absolute atomic E-state index is 13.4. The van der Waals surface area contributed by atoms with Gasteiger partial charge in [0.05, 0.1) is 16.9 Å². The summed E-state index contributed by atoms with van der Waals surface area (Å²) in [4.78, 5) is 34.0. The van der Waals surface area contributed by atoms with Crippen LogP contribution in [0.2, 0.25) is 0 Å². The van der Waals surface area contributed by atoms with Crippen LogP contribution in [0.25, 0.3) is 21.5 Å². The molecule has 4 aromatic rings. The fraction of sp³-hybridized carbons (Fsp3) is 0.240. The maximum Gasteiger partial charge on any atom is 0.263 e. The molecule has 1 atom stereocenters. The number of thiophene rings is 1. The van der Waals surface area contributed by atoms with Crippen LogP contribution in [0.4, 0.5) is 0 Å². The van der Waals surface area contributed by atoms with E-state index in [0.717, 1.165) is 12.0 Å². The van der Waals surface area contributed by atoms with Crippen molar-refractivity contribution in [3.05, 3.63) is 82.2 Å². The third kappa shape index (κ3) is 4.05. The van der Waals surface area contributed by atoms with Gasteiger partial charge in [0.1, 0.15) is 10.6 Å². The van der Waals surface area contributed by atoms with Crippen molar-refractivity contribution in [2.75, 3.05) is 6.54 Å². The molecule has 168 valence electrons. The number of benzene rings is 1. The zero-order chi connectivity index (χ0) is 22.9. The first kappa shape index (κ1) is 21.7. The zero-order valence-corrected chi connectivity index (χ0v) is 19.8. The van der Waals surface area contributed by atoms with Gasteiger partial charge in [-0.3, -0.25) is 14.2 Å². The van der Waals surface area contributed by atoms with Crippen LogP contribution in [0.15, 0.2) is 75.1 Å². The summed E-state index contributed by atoms with van der Waals surface area (Å²) in [6.07, 6.45) is 4.12. The number of fused-ring (bicyclic) bond motifs is 2. The minimum atomic E-state index is -0.375. The van der Waals surface area contributed by atoms with Crippen LogP contribution >= 0.6 is 23.1 Å². The number of allylic oxidation sites excluding steroid dienone is 1. The van der Waals surface area contributed by atoms with E-state index >= 15 is 0 Å². The van der Waals surface area contributed by atoms with Crippen LogP contribution in [0.1, 0.15) is 18.1 Å². The van der Waals surface area contributed by atoms with Gasteiger partial charge in [-0.25, -0.2) is 4.98 Å². The molecule has 6 nitrogen and oxygen atoms in total. The number of thioether (sulfide) groups is 1. The van der Waals surface area contributed by atoms with Gasteiger partial charge in [-0.05, 0) is 36.6 Å². The van der Waals surface area contributed by atoms with Crippen molar-refractivity contribution >= 4 is 39.2 Å². The summed E-state index contributed by atoms with van der Waals surface area (Å²) in [5.41, 5.74) is 3.09. The molecule has 33 heavy (non-hydrogen) atoms. The Morgan fingerprint density at radius 1 is 1.30 bits per heavy atom. The summed E-state index contributed by atoms with van der Waals surface area (Å²) in [5, 5.41) is 2.58. The average molecular weight is 478 g/mol. The lowest BCUT2D eigenvalue weighted by Gasteiger charge is -2.30. The van der Waals surface area contributed by atoms with E-state index in [9.17, 15) is 9.59 Å². The van der Waals surface area contributed by atoms with E-state index in [0.29, 0.717) is 40.8 Å². The summed E-state index contributed by atoms with van der Waals surface area (Å²) in [5.74, 6) is 0.691. The first-order valence-electron chi connectivity index (χ1n) is 10.8. The van der Waals surface area contributed by atoms with Crippen molar-refractivity contribution in [2.24, 2.45) is 0 Å². The Labute approximate surface area is 199 Å². The average Bonchev–Trinajstić information content (AvgIpc) is 3.50. The van der Waals surface area contributed by atoms with Gasteiger partial charge < -0.3 is 9.32 Å². The molecular weight excluding hydrogens is 454 g/mol. The second kappa shape index (κ2) is 9.03. The van der Waals surface area contributed by atoms with Crippen LogP contribution in [0.5, 0.6) is 0 Å². The van der Waals surface area contributed by atoms with Gasteiger partial charge in [0.15, 0.2) is 5.16 Å². The number of hydrogen-bond donors (Lipinski definition) is 0. The number of hydrogen-bond acceptors (Lipinski definition) is 6. The number of carbonyl (C=O) groups is 1. The molecule has 8 heteroatoms. The SMILES string of the molecule is C=CCn1c(SC(C)C(=O)N2CCc3ccccc3C2)nc2scc(-c3ccco3)c2c1=O. The minimum absolute atomic E-state index is 0.0523. The van der Waals surface area contributed by atoms with Crippen molar-refractivity contribution in [3.8, 4) is 11.3 Å². The third-order valence-corrected chi connectivity index (χ3v) is 7.78. The molecule has 3 aromatic heterocycles. The van der Waals surface area contributed by atoms with Gasteiger partial charge in [0.2, 0.25) is 5.91 Å². The molecule has 0 saturated heterocycles. The monoisotopic (exact) mass is 477 g/mol. The summed E-state index contributed by atoms with van der Waals surface area (Å²) in [6, 6.07) is 11.9.